The largest absolute Gasteiger partial charge is 0.465 e. The number of aromatic nitrogens is 2. The van der Waals surface area contributed by atoms with Gasteiger partial charge in [0, 0.05) is 17.1 Å². The van der Waals surface area contributed by atoms with Gasteiger partial charge < -0.3 is 9.73 Å². The summed E-state index contributed by atoms with van der Waals surface area (Å²) in [6.07, 6.45) is 1.83. The van der Waals surface area contributed by atoms with Crippen molar-refractivity contribution in [3.8, 4) is 11.3 Å². The molecular weight excluding hydrogens is 421 g/mol. The highest BCUT2D eigenvalue weighted by Crippen LogP contribution is 2.33. The van der Waals surface area contributed by atoms with E-state index in [2.05, 4.69) is 26.2 Å². The first-order valence-corrected chi connectivity index (χ1v) is 9.41. The molecule has 0 fully saturated rings. The van der Waals surface area contributed by atoms with Gasteiger partial charge in [-0.15, -0.1) is 11.3 Å². The van der Waals surface area contributed by atoms with Gasteiger partial charge in [0.15, 0.2) is 4.96 Å². The zero-order valence-corrected chi connectivity index (χ0v) is 16.2. The maximum absolute atomic E-state index is 13.3. The topological polar surface area (TPSA) is 59.5 Å². The average Bonchev–Trinajstić information content (AvgIpc) is 3.24. The van der Waals surface area contributed by atoms with Gasteiger partial charge in [-0.2, -0.15) is 0 Å². The summed E-state index contributed by atoms with van der Waals surface area (Å²) in [6, 6.07) is 6.02. The summed E-state index contributed by atoms with van der Waals surface area (Å²) in [7, 11) is 0. The predicted octanol–water partition coefficient (Wildman–Crippen LogP) is 5.43. The van der Waals surface area contributed by atoms with Gasteiger partial charge in [-0.3, -0.25) is 9.20 Å². The van der Waals surface area contributed by atoms with E-state index >= 15 is 0 Å². The number of amides is 1. The number of rotatable bonds is 3. The van der Waals surface area contributed by atoms with Crippen molar-refractivity contribution in [2.24, 2.45) is 0 Å². The minimum atomic E-state index is -0.325. The maximum atomic E-state index is 13.3. The summed E-state index contributed by atoms with van der Waals surface area (Å²) >= 11 is 4.85. The van der Waals surface area contributed by atoms with Crippen molar-refractivity contribution in [1.29, 1.82) is 0 Å². The fourth-order valence-corrected chi connectivity index (χ4v) is 4.05. The Morgan fingerprint density at radius 3 is 2.65 bits per heavy atom. The molecule has 1 amide bonds. The normalized spacial score (nSPS) is 11.2. The van der Waals surface area contributed by atoms with Crippen molar-refractivity contribution in [2.75, 3.05) is 5.32 Å². The van der Waals surface area contributed by atoms with Crippen LogP contribution >= 0.6 is 27.3 Å². The third-order valence-electron chi connectivity index (χ3n) is 4.03. The van der Waals surface area contributed by atoms with Gasteiger partial charge in [0.25, 0.3) is 5.91 Å². The summed E-state index contributed by atoms with van der Waals surface area (Å²) in [4.78, 5) is 18.2. The van der Waals surface area contributed by atoms with Crippen LogP contribution in [0.5, 0.6) is 0 Å². The second-order valence-corrected chi connectivity index (χ2v) is 7.40. The molecule has 0 unspecified atom stereocenters. The quantitative estimate of drug-likeness (QED) is 0.468. The summed E-state index contributed by atoms with van der Waals surface area (Å²) < 4.78 is 21.2. The van der Waals surface area contributed by atoms with E-state index in [1.165, 1.54) is 23.5 Å². The lowest BCUT2D eigenvalue weighted by Gasteiger charge is -2.07. The van der Waals surface area contributed by atoms with E-state index in [0.717, 1.165) is 10.5 Å². The molecule has 3 aromatic heterocycles. The van der Waals surface area contributed by atoms with Crippen LogP contribution in [0.15, 0.2) is 44.7 Å². The smallest absolute Gasteiger partial charge is 0.261 e. The van der Waals surface area contributed by atoms with Crippen LogP contribution < -0.4 is 5.32 Å². The third kappa shape index (κ3) is 2.75. The zero-order chi connectivity index (χ0) is 18.4. The van der Waals surface area contributed by atoms with Crippen LogP contribution in [0.3, 0.4) is 0 Å². The second-order valence-electron chi connectivity index (χ2n) is 5.73. The minimum Gasteiger partial charge on any atom is -0.465 e. The predicted molar refractivity (Wildman–Crippen MR) is 102 cm³/mol. The summed E-state index contributed by atoms with van der Waals surface area (Å²) in [5.74, 6) is 1.07. The maximum Gasteiger partial charge on any atom is 0.261 e. The molecule has 3 heterocycles. The number of hydrogen-bond donors (Lipinski definition) is 1. The van der Waals surface area contributed by atoms with Gasteiger partial charge in [-0.05, 0) is 54.0 Å². The van der Waals surface area contributed by atoms with Crippen LogP contribution in [0, 0.1) is 19.7 Å². The Morgan fingerprint density at radius 2 is 2.00 bits per heavy atom. The molecule has 0 spiro atoms. The van der Waals surface area contributed by atoms with Crippen LogP contribution in [0.4, 0.5) is 10.2 Å². The number of aryl methyl sites for hydroxylation is 2. The molecule has 0 saturated carbocycles. The van der Waals surface area contributed by atoms with Gasteiger partial charge in [0.05, 0.1) is 10.0 Å². The van der Waals surface area contributed by atoms with Crippen molar-refractivity contribution in [1.82, 2.24) is 9.38 Å². The van der Waals surface area contributed by atoms with E-state index in [0.29, 0.717) is 33.1 Å². The van der Waals surface area contributed by atoms with Crippen molar-refractivity contribution < 1.29 is 13.6 Å². The number of carbonyl (C=O) groups is 1. The number of hydrogen-bond acceptors (Lipinski definition) is 4. The van der Waals surface area contributed by atoms with E-state index in [1.807, 2.05) is 11.6 Å². The monoisotopic (exact) mass is 433 g/mol. The van der Waals surface area contributed by atoms with Gasteiger partial charge in [-0.1, -0.05) is 0 Å². The first kappa shape index (κ1) is 17.0. The molecule has 4 aromatic rings. The standard InChI is InChI=1S/C18H13BrFN3O2S/c1-9-13(14(19)10(2)25-9)17(24)22-16-15(11-3-5-12(20)6-4-11)21-18-23(16)7-8-26-18/h3-8H,1-2H3,(H,22,24). The number of nitrogens with one attached hydrogen (secondary N) is 1. The van der Waals surface area contributed by atoms with E-state index in [1.54, 1.807) is 30.4 Å². The van der Waals surface area contributed by atoms with Crippen LogP contribution in [-0.2, 0) is 0 Å². The number of fused-ring (bicyclic) bond motifs is 1. The van der Waals surface area contributed by atoms with Crippen molar-refractivity contribution >= 4 is 44.0 Å². The molecular formula is C18H13BrFN3O2S. The summed E-state index contributed by atoms with van der Waals surface area (Å²) in [5.41, 5.74) is 1.74. The first-order chi connectivity index (χ1) is 12.5. The van der Waals surface area contributed by atoms with Crippen molar-refractivity contribution in [3.63, 3.8) is 0 Å². The highest BCUT2D eigenvalue weighted by atomic mass is 79.9. The Labute approximate surface area is 160 Å². The first-order valence-electron chi connectivity index (χ1n) is 7.74. The highest BCUT2D eigenvalue weighted by Gasteiger charge is 2.23. The molecule has 0 aliphatic rings. The van der Waals surface area contributed by atoms with Crippen molar-refractivity contribution in [2.45, 2.75) is 13.8 Å². The van der Waals surface area contributed by atoms with E-state index < -0.39 is 0 Å². The molecule has 132 valence electrons. The summed E-state index contributed by atoms with van der Waals surface area (Å²) in [5, 5.41) is 4.81. The van der Waals surface area contributed by atoms with E-state index in [4.69, 9.17) is 4.42 Å². The molecule has 0 radical (unpaired) electrons. The molecule has 1 aromatic carbocycles. The molecule has 0 saturated heterocycles. The van der Waals surface area contributed by atoms with Gasteiger partial charge >= 0.3 is 0 Å². The Balaban J connectivity index is 1.80. The number of benzene rings is 1. The fraction of sp³-hybridized carbons (Fsp3) is 0.111. The Hall–Kier alpha value is -2.45. The molecule has 0 aliphatic carbocycles. The van der Waals surface area contributed by atoms with E-state index in [9.17, 15) is 9.18 Å². The van der Waals surface area contributed by atoms with E-state index in [-0.39, 0.29) is 11.7 Å². The number of imidazole rings is 1. The van der Waals surface area contributed by atoms with Crippen LogP contribution in [-0.4, -0.2) is 15.3 Å². The lowest BCUT2D eigenvalue weighted by molar-refractivity contribution is 0.102. The number of carbonyl (C=O) groups excluding carboxylic acids is 1. The Bertz CT molecular complexity index is 1130. The molecule has 0 aliphatic heterocycles. The van der Waals surface area contributed by atoms with Gasteiger partial charge in [-0.25, -0.2) is 9.37 Å². The third-order valence-corrected chi connectivity index (χ3v) is 5.74. The Morgan fingerprint density at radius 1 is 1.27 bits per heavy atom. The minimum absolute atomic E-state index is 0.303. The molecule has 1 N–H and O–H groups in total. The lowest BCUT2D eigenvalue weighted by Crippen LogP contribution is -2.14. The number of furan rings is 1. The number of anilines is 1. The number of nitrogens with zero attached hydrogens (tertiary/aromatic N) is 2. The molecule has 5 nitrogen and oxygen atoms in total. The number of thiazole rings is 1. The van der Waals surface area contributed by atoms with Gasteiger partial charge in [0.1, 0.15) is 28.8 Å². The van der Waals surface area contributed by atoms with Crippen LogP contribution in [0.25, 0.3) is 16.2 Å². The van der Waals surface area contributed by atoms with Crippen molar-refractivity contribution in [3.05, 3.63) is 63.2 Å². The molecule has 4 rings (SSSR count). The van der Waals surface area contributed by atoms with Gasteiger partial charge in [0.2, 0.25) is 0 Å². The number of halogens is 2. The average molecular weight is 434 g/mol. The Kier molecular flexibility index (Phi) is 4.16. The van der Waals surface area contributed by atoms with Crippen LogP contribution in [0.1, 0.15) is 21.9 Å². The lowest BCUT2D eigenvalue weighted by atomic mass is 10.1. The molecule has 8 heteroatoms. The summed E-state index contributed by atoms with van der Waals surface area (Å²) in [6.45, 7) is 3.53. The molecule has 26 heavy (non-hydrogen) atoms. The fourth-order valence-electron chi connectivity index (χ4n) is 2.80. The second kappa shape index (κ2) is 6.37. The molecule has 0 bridgehead atoms. The highest BCUT2D eigenvalue weighted by molar-refractivity contribution is 9.10. The molecule has 0 atom stereocenters. The van der Waals surface area contributed by atoms with Crippen LogP contribution in [0.2, 0.25) is 0 Å². The zero-order valence-electron chi connectivity index (χ0n) is 13.8. The SMILES string of the molecule is Cc1oc(C)c(C(=O)Nc2c(-c3ccc(F)cc3)nc3sccn23)c1Br.